The van der Waals surface area contributed by atoms with Crippen molar-refractivity contribution in [2.45, 2.75) is 19.1 Å². The van der Waals surface area contributed by atoms with E-state index < -0.39 is 6.10 Å². The standard InChI is InChI=1S/C23H33NO4/c1-19-9-7-8-12-22(19)23(20-10-5-4-6-11-20)28-18-21(25)17-24(13-15-26-2)14-16-27-3/h4-12,21,23,25H,13-18H2,1-3H3/t21-,23-/m0/s1. The molecule has 0 bridgehead atoms. The third kappa shape index (κ3) is 7.34. The van der Waals surface area contributed by atoms with Crippen molar-refractivity contribution in [3.8, 4) is 0 Å². The molecule has 0 aliphatic carbocycles. The monoisotopic (exact) mass is 387 g/mol. The molecule has 5 heteroatoms. The first kappa shape index (κ1) is 22.5. The predicted octanol–water partition coefficient (Wildman–Crippen LogP) is 3.06. The van der Waals surface area contributed by atoms with Crippen LogP contribution in [0.4, 0.5) is 0 Å². The van der Waals surface area contributed by atoms with Crippen LogP contribution in [0.5, 0.6) is 0 Å². The van der Waals surface area contributed by atoms with Gasteiger partial charge in [0.15, 0.2) is 0 Å². The number of hydrogen-bond acceptors (Lipinski definition) is 5. The van der Waals surface area contributed by atoms with E-state index in [4.69, 9.17) is 14.2 Å². The van der Waals surface area contributed by atoms with Crippen molar-refractivity contribution >= 4 is 0 Å². The molecule has 1 N–H and O–H groups in total. The molecule has 0 unspecified atom stereocenters. The maximum Gasteiger partial charge on any atom is 0.108 e. The van der Waals surface area contributed by atoms with Gasteiger partial charge in [0.1, 0.15) is 6.10 Å². The molecule has 2 atom stereocenters. The van der Waals surface area contributed by atoms with Gasteiger partial charge in [-0.15, -0.1) is 0 Å². The highest BCUT2D eigenvalue weighted by Crippen LogP contribution is 2.28. The normalized spacial score (nSPS) is 13.6. The van der Waals surface area contributed by atoms with E-state index in [-0.39, 0.29) is 12.7 Å². The highest BCUT2D eigenvalue weighted by molar-refractivity contribution is 5.35. The third-order valence-electron chi connectivity index (χ3n) is 4.72. The van der Waals surface area contributed by atoms with Crippen molar-refractivity contribution in [1.82, 2.24) is 4.90 Å². The second-order valence-electron chi connectivity index (χ2n) is 6.92. The summed E-state index contributed by atoms with van der Waals surface area (Å²) in [5, 5.41) is 10.6. The van der Waals surface area contributed by atoms with E-state index >= 15 is 0 Å². The third-order valence-corrected chi connectivity index (χ3v) is 4.72. The van der Waals surface area contributed by atoms with E-state index in [1.165, 1.54) is 5.56 Å². The number of methoxy groups -OCH3 is 2. The molecule has 0 saturated heterocycles. The predicted molar refractivity (Wildman–Crippen MR) is 112 cm³/mol. The molecule has 0 aliphatic rings. The van der Waals surface area contributed by atoms with Crippen molar-refractivity contribution in [3.05, 3.63) is 71.3 Å². The fourth-order valence-electron chi connectivity index (χ4n) is 3.17. The molecule has 0 aromatic heterocycles. The van der Waals surface area contributed by atoms with Crippen molar-refractivity contribution in [1.29, 1.82) is 0 Å². The topological polar surface area (TPSA) is 51.2 Å². The second-order valence-corrected chi connectivity index (χ2v) is 6.92. The first-order valence-corrected chi connectivity index (χ1v) is 9.76. The lowest BCUT2D eigenvalue weighted by Gasteiger charge is -2.26. The summed E-state index contributed by atoms with van der Waals surface area (Å²) in [4.78, 5) is 2.13. The quantitative estimate of drug-likeness (QED) is 0.572. The Balaban J connectivity index is 2.03. The minimum absolute atomic E-state index is 0.205. The van der Waals surface area contributed by atoms with Gasteiger partial charge in [0.05, 0.1) is 25.9 Å². The highest BCUT2D eigenvalue weighted by atomic mass is 16.5. The van der Waals surface area contributed by atoms with Crippen LogP contribution in [-0.4, -0.2) is 69.8 Å². The summed E-state index contributed by atoms with van der Waals surface area (Å²) in [6.07, 6.45) is -0.799. The molecule has 0 amide bonds. The summed E-state index contributed by atoms with van der Waals surface area (Å²) in [5.41, 5.74) is 3.38. The van der Waals surface area contributed by atoms with Crippen LogP contribution in [0.25, 0.3) is 0 Å². The van der Waals surface area contributed by atoms with E-state index in [1.807, 2.05) is 30.3 Å². The lowest BCUT2D eigenvalue weighted by atomic mass is 9.97. The van der Waals surface area contributed by atoms with Gasteiger partial charge in [-0.1, -0.05) is 54.6 Å². The zero-order chi connectivity index (χ0) is 20.2. The van der Waals surface area contributed by atoms with Gasteiger partial charge in [0.25, 0.3) is 0 Å². The van der Waals surface area contributed by atoms with Crippen molar-refractivity contribution < 1.29 is 19.3 Å². The van der Waals surface area contributed by atoms with Gasteiger partial charge in [-0.3, -0.25) is 4.90 Å². The highest BCUT2D eigenvalue weighted by Gasteiger charge is 2.19. The van der Waals surface area contributed by atoms with Gasteiger partial charge in [-0.2, -0.15) is 0 Å². The Morgan fingerprint density at radius 2 is 1.50 bits per heavy atom. The Morgan fingerprint density at radius 1 is 0.893 bits per heavy atom. The smallest absolute Gasteiger partial charge is 0.108 e. The fourth-order valence-corrected chi connectivity index (χ4v) is 3.17. The van der Waals surface area contributed by atoms with Crippen LogP contribution >= 0.6 is 0 Å². The van der Waals surface area contributed by atoms with Gasteiger partial charge in [0.2, 0.25) is 0 Å². The Hall–Kier alpha value is -1.76. The number of hydrogen-bond donors (Lipinski definition) is 1. The van der Waals surface area contributed by atoms with Gasteiger partial charge in [0, 0.05) is 33.9 Å². The molecule has 154 valence electrons. The van der Waals surface area contributed by atoms with Gasteiger partial charge in [-0.25, -0.2) is 0 Å². The average Bonchev–Trinajstić information content (AvgIpc) is 2.72. The number of aliphatic hydroxyl groups is 1. The van der Waals surface area contributed by atoms with E-state index in [1.54, 1.807) is 14.2 Å². The maximum atomic E-state index is 10.6. The van der Waals surface area contributed by atoms with Gasteiger partial charge < -0.3 is 19.3 Å². The molecule has 0 spiro atoms. The number of ether oxygens (including phenoxy) is 3. The van der Waals surface area contributed by atoms with Crippen LogP contribution in [0.2, 0.25) is 0 Å². The summed E-state index contributed by atoms with van der Waals surface area (Å²) >= 11 is 0. The summed E-state index contributed by atoms with van der Waals surface area (Å²) in [6, 6.07) is 18.4. The Labute approximate surface area is 168 Å². The lowest BCUT2D eigenvalue weighted by Crippen LogP contribution is -2.39. The minimum atomic E-state index is -0.594. The van der Waals surface area contributed by atoms with Crippen LogP contribution in [0.15, 0.2) is 54.6 Å². The summed E-state index contributed by atoms with van der Waals surface area (Å²) in [6.45, 7) is 5.59. The molecular weight excluding hydrogens is 354 g/mol. The first-order chi connectivity index (χ1) is 13.7. The van der Waals surface area contributed by atoms with Crippen LogP contribution < -0.4 is 0 Å². The molecule has 5 nitrogen and oxygen atoms in total. The lowest BCUT2D eigenvalue weighted by molar-refractivity contribution is -0.0137. The van der Waals surface area contributed by atoms with E-state index in [2.05, 4.69) is 36.1 Å². The van der Waals surface area contributed by atoms with Crippen molar-refractivity contribution in [2.24, 2.45) is 0 Å². The number of rotatable bonds is 13. The Kier molecular flexibility index (Phi) is 10.2. The number of benzene rings is 2. The van der Waals surface area contributed by atoms with Gasteiger partial charge >= 0.3 is 0 Å². The molecule has 2 aromatic rings. The van der Waals surface area contributed by atoms with E-state index in [0.717, 1.165) is 24.2 Å². The Morgan fingerprint density at radius 3 is 2.11 bits per heavy atom. The van der Waals surface area contributed by atoms with E-state index in [0.29, 0.717) is 19.8 Å². The molecule has 0 saturated carbocycles. The maximum absolute atomic E-state index is 10.6. The van der Waals surface area contributed by atoms with Crippen molar-refractivity contribution in [2.75, 3.05) is 53.7 Å². The SMILES string of the molecule is COCCN(CCOC)C[C@H](O)CO[C@@H](c1ccccc1)c1ccccc1C. The number of aliphatic hydroxyl groups excluding tert-OH is 1. The average molecular weight is 388 g/mol. The summed E-state index contributed by atoms with van der Waals surface area (Å²) < 4.78 is 16.6. The Bertz CT molecular complexity index is 657. The molecule has 2 rings (SSSR count). The zero-order valence-electron chi connectivity index (χ0n) is 17.2. The minimum Gasteiger partial charge on any atom is -0.389 e. The fraction of sp³-hybridized carbons (Fsp3) is 0.478. The first-order valence-electron chi connectivity index (χ1n) is 9.76. The molecule has 0 aliphatic heterocycles. The van der Waals surface area contributed by atoms with Crippen LogP contribution in [0, 0.1) is 6.92 Å². The molecular formula is C23H33NO4. The second kappa shape index (κ2) is 12.6. The number of nitrogens with zero attached hydrogens (tertiary/aromatic N) is 1. The van der Waals surface area contributed by atoms with E-state index in [9.17, 15) is 5.11 Å². The molecule has 0 radical (unpaired) electrons. The molecule has 0 fully saturated rings. The molecule has 2 aromatic carbocycles. The molecule has 0 heterocycles. The van der Waals surface area contributed by atoms with Crippen LogP contribution in [0.1, 0.15) is 22.8 Å². The largest absolute Gasteiger partial charge is 0.389 e. The number of aryl methyl sites for hydroxylation is 1. The molecule has 28 heavy (non-hydrogen) atoms. The van der Waals surface area contributed by atoms with Crippen LogP contribution in [-0.2, 0) is 14.2 Å². The summed E-state index contributed by atoms with van der Waals surface area (Å²) in [5.74, 6) is 0. The van der Waals surface area contributed by atoms with Gasteiger partial charge in [-0.05, 0) is 23.6 Å². The van der Waals surface area contributed by atoms with Crippen LogP contribution in [0.3, 0.4) is 0 Å². The van der Waals surface area contributed by atoms with Crippen molar-refractivity contribution in [3.63, 3.8) is 0 Å². The summed E-state index contributed by atoms with van der Waals surface area (Å²) in [7, 11) is 3.36. The zero-order valence-corrected chi connectivity index (χ0v) is 17.2.